The number of nitrogens with two attached hydrogens (primary N) is 2. The number of benzene rings is 2. The van der Waals surface area contributed by atoms with Gasteiger partial charge in [0.2, 0.25) is 0 Å². The number of carbonyl (C=O) groups excluding carboxylic acids is 1. The molecule has 3 rings (SSSR count). The van der Waals surface area contributed by atoms with Gasteiger partial charge in [-0.1, -0.05) is 31.8 Å². The number of fused-ring (bicyclic) bond motifs is 3. The normalized spacial score (nSPS) is 13.2. The molecule has 0 aliphatic heterocycles. The van der Waals surface area contributed by atoms with E-state index in [0.29, 0.717) is 11.3 Å². The summed E-state index contributed by atoms with van der Waals surface area (Å²) in [5, 5.41) is 1.06. The van der Waals surface area contributed by atoms with Crippen LogP contribution in [0.15, 0.2) is 30.3 Å². The van der Waals surface area contributed by atoms with Gasteiger partial charge >= 0.3 is 0 Å². The second-order valence-electron chi connectivity index (χ2n) is 6.34. The summed E-state index contributed by atoms with van der Waals surface area (Å²) in [6, 6.07) is 9.41. The first-order chi connectivity index (χ1) is 9.30. The second kappa shape index (κ2) is 3.96. The fourth-order valence-electron chi connectivity index (χ4n) is 3.01. The standard InChI is InChI=1S/C16H18N2OSi/c1-20(2,3)16-13(18)7-6-11-10-5-4-9(17)8-12(10)15(19)14(11)16/h4-8H,17-18H2,1-3H3. The van der Waals surface area contributed by atoms with Gasteiger partial charge in [0.05, 0.1) is 8.07 Å². The number of hydrogen-bond acceptors (Lipinski definition) is 3. The van der Waals surface area contributed by atoms with Crippen molar-refractivity contribution >= 4 is 30.4 Å². The van der Waals surface area contributed by atoms with Crippen LogP contribution in [0, 0.1) is 0 Å². The van der Waals surface area contributed by atoms with Gasteiger partial charge in [0, 0.05) is 22.5 Å². The zero-order valence-electron chi connectivity index (χ0n) is 11.9. The molecule has 3 nitrogen and oxygen atoms in total. The Morgan fingerprint density at radius 2 is 1.55 bits per heavy atom. The molecule has 0 radical (unpaired) electrons. The van der Waals surface area contributed by atoms with Gasteiger partial charge in [0.25, 0.3) is 0 Å². The van der Waals surface area contributed by atoms with Gasteiger partial charge in [-0.3, -0.25) is 4.79 Å². The van der Waals surface area contributed by atoms with E-state index in [1.54, 1.807) is 6.07 Å². The van der Waals surface area contributed by atoms with E-state index in [9.17, 15) is 4.79 Å². The number of nitrogen functional groups attached to an aromatic ring is 2. The Kier molecular flexibility index (Phi) is 2.56. The topological polar surface area (TPSA) is 69.1 Å². The minimum absolute atomic E-state index is 0.0621. The quantitative estimate of drug-likeness (QED) is 0.532. The summed E-state index contributed by atoms with van der Waals surface area (Å²) in [6.07, 6.45) is 0. The van der Waals surface area contributed by atoms with Gasteiger partial charge in [-0.15, -0.1) is 0 Å². The summed E-state index contributed by atoms with van der Waals surface area (Å²) in [5.74, 6) is 0.0621. The average Bonchev–Trinajstić information content (AvgIpc) is 2.61. The summed E-state index contributed by atoms with van der Waals surface area (Å²) in [5.41, 5.74) is 16.8. The van der Waals surface area contributed by atoms with Crippen LogP contribution in [0.5, 0.6) is 0 Å². The molecule has 0 saturated heterocycles. The molecule has 0 fully saturated rings. The molecule has 20 heavy (non-hydrogen) atoms. The predicted molar refractivity (Wildman–Crippen MR) is 87.1 cm³/mol. The maximum Gasteiger partial charge on any atom is 0.194 e. The number of carbonyl (C=O) groups is 1. The molecular weight excluding hydrogens is 264 g/mol. The third-order valence-electron chi connectivity index (χ3n) is 3.79. The predicted octanol–water partition coefficient (Wildman–Crippen LogP) is 2.61. The second-order valence-corrected chi connectivity index (χ2v) is 11.3. The smallest absolute Gasteiger partial charge is 0.194 e. The van der Waals surface area contributed by atoms with Crippen LogP contribution < -0.4 is 16.7 Å². The highest BCUT2D eigenvalue weighted by Crippen LogP contribution is 2.38. The lowest BCUT2D eigenvalue weighted by Crippen LogP contribution is -2.42. The van der Waals surface area contributed by atoms with E-state index in [2.05, 4.69) is 19.6 Å². The van der Waals surface area contributed by atoms with Crippen molar-refractivity contribution in [1.29, 1.82) is 0 Å². The van der Waals surface area contributed by atoms with Gasteiger partial charge in [-0.2, -0.15) is 0 Å². The number of ketones is 1. The molecule has 0 heterocycles. The van der Waals surface area contributed by atoms with Gasteiger partial charge < -0.3 is 11.5 Å². The molecular formula is C16H18N2OSi. The molecule has 0 bridgehead atoms. The molecule has 0 atom stereocenters. The van der Waals surface area contributed by atoms with Crippen molar-refractivity contribution in [1.82, 2.24) is 0 Å². The Morgan fingerprint density at radius 3 is 2.20 bits per heavy atom. The van der Waals surface area contributed by atoms with Gasteiger partial charge in [-0.25, -0.2) is 0 Å². The van der Waals surface area contributed by atoms with E-state index in [0.717, 1.165) is 27.6 Å². The molecule has 0 spiro atoms. The molecule has 2 aromatic rings. The summed E-state index contributed by atoms with van der Waals surface area (Å²) in [4.78, 5) is 12.8. The Bertz CT molecular complexity index is 745. The van der Waals surface area contributed by atoms with E-state index < -0.39 is 8.07 Å². The number of hydrogen-bond donors (Lipinski definition) is 2. The minimum atomic E-state index is -1.71. The Balaban J connectivity index is 2.38. The van der Waals surface area contributed by atoms with Gasteiger partial charge in [0.15, 0.2) is 5.78 Å². The van der Waals surface area contributed by atoms with E-state index in [-0.39, 0.29) is 5.78 Å². The van der Waals surface area contributed by atoms with Crippen molar-refractivity contribution < 1.29 is 4.79 Å². The first-order valence-corrected chi connectivity index (χ1v) is 10.2. The summed E-state index contributed by atoms with van der Waals surface area (Å²) in [6.45, 7) is 6.64. The minimum Gasteiger partial charge on any atom is -0.399 e. The van der Waals surface area contributed by atoms with Crippen molar-refractivity contribution in [3.63, 3.8) is 0 Å². The zero-order valence-corrected chi connectivity index (χ0v) is 12.9. The van der Waals surface area contributed by atoms with Crippen molar-refractivity contribution in [2.45, 2.75) is 19.6 Å². The van der Waals surface area contributed by atoms with E-state index in [4.69, 9.17) is 11.5 Å². The van der Waals surface area contributed by atoms with Crippen LogP contribution in [0.2, 0.25) is 19.6 Å². The molecule has 0 amide bonds. The molecule has 4 N–H and O–H groups in total. The molecule has 1 aliphatic carbocycles. The van der Waals surface area contributed by atoms with Crippen LogP contribution in [-0.2, 0) is 0 Å². The Labute approximate surface area is 119 Å². The monoisotopic (exact) mass is 282 g/mol. The molecule has 0 aromatic heterocycles. The van der Waals surface area contributed by atoms with E-state index in [1.165, 1.54) is 0 Å². The van der Waals surface area contributed by atoms with Crippen molar-refractivity contribution in [3.8, 4) is 11.1 Å². The first kappa shape index (κ1) is 12.9. The van der Waals surface area contributed by atoms with Crippen LogP contribution in [0.1, 0.15) is 15.9 Å². The van der Waals surface area contributed by atoms with Crippen LogP contribution in [-0.4, -0.2) is 13.9 Å². The van der Waals surface area contributed by atoms with Crippen LogP contribution in [0.4, 0.5) is 11.4 Å². The van der Waals surface area contributed by atoms with Crippen LogP contribution >= 0.6 is 0 Å². The zero-order chi connectivity index (χ0) is 14.7. The van der Waals surface area contributed by atoms with Crippen molar-refractivity contribution in [2.75, 3.05) is 11.5 Å². The van der Waals surface area contributed by atoms with Gasteiger partial charge in [-0.05, 0) is 34.5 Å². The maximum atomic E-state index is 12.8. The Hall–Kier alpha value is -2.07. The summed E-state index contributed by atoms with van der Waals surface area (Å²) < 4.78 is 0. The summed E-state index contributed by atoms with van der Waals surface area (Å²) >= 11 is 0. The molecule has 1 aliphatic rings. The first-order valence-electron chi connectivity index (χ1n) is 6.68. The fraction of sp³-hybridized carbons (Fsp3) is 0.188. The molecule has 4 heteroatoms. The molecule has 0 unspecified atom stereocenters. The Morgan fingerprint density at radius 1 is 0.900 bits per heavy atom. The fourth-order valence-corrected chi connectivity index (χ4v) is 4.95. The van der Waals surface area contributed by atoms with Gasteiger partial charge in [0.1, 0.15) is 0 Å². The lowest BCUT2D eigenvalue weighted by molar-refractivity contribution is 0.104. The van der Waals surface area contributed by atoms with Crippen LogP contribution in [0.3, 0.4) is 0 Å². The SMILES string of the molecule is C[Si](C)(C)c1c(N)ccc2c1C(=O)c1cc(N)ccc1-2. The van der Waals surface area contributed by atoms with E-state index in [1.807, 2.05) is 24.3 Å². The number of rotatable bonds is 1. The van der Waals surface area contributed by atoms with E-state index >= 15 is 0 Å². The number of anilines is 2. The highest BCUT2D eigenvalue weighted by molar-refractivity contribution is 6.90. The lowest BCUT2D eigenvalue weighted by atomic mass is 10.1. The molecule has 2 aromatic carbocycles. The highest BCUT2D eigenvalue weighted by Gasteiger charge is 2.34. The van der Waals surface area contributed by atoms with Crippen LogP contribution in [0.25, 0.3) is 11.1 Å². The third kappa shape index (κ3) is 1.68. The maximum absolute atomic E-state index is 12.8. The van der Waals surface area contributed by atoms with Crippen molar-refractivity contribution in [2.24, 2.45) is 0 Å². The molecule has 0 saturated carbocycles. The highest BCUT2D eigenvalue weighted by atomic mass is 28.3. The lowest BCUT2D eigenvalue weighted by Gasteiger charge is -2.22. The average molecular weight is 282 g/mol. The third-order valence-corrected chi connectivity index (χ3v) is 5.83. The summed E-state index contributed by atoms with van der Waals surface area (Å²) in [7, 11) is -1.71. The molecule has 102 valence electrons. The van der Waals surface area contributed by atoms with Crippen molar-refractivity contribution in [3.05, 3.63) is 41.5 Å². The largest absolute Gasteiger partial charge is 0.399 e.